The van der Waals surface area contributed by atoms with Crippen LogP contribution < -0.4 is 10.1 Å². The van der Waals surface area contributed by atoms with Crippen LogP contribution in [0.15, 0.2) is 59.0 Å². The summed E-state index contributed by atoms with van der Waals surface area (Å²) in [6.45, 7) is 1.22. The van der Waals surface area contributed by atoms with Gasteiger partial charge in [0.1, 0.15) is 11.3 Å². The van der Waals surface area contributed by atoms with Gasteiger partial charge in [-0.05, 0) is 48.9 Å². The van der Waals surface area contributed by atoms with Gasteiger partial charge >= 0.3 is 5.69 Å². The van der Waals surface area contributed by atoms with E-state index in [2.05, 4.69) is 10.3 Å². The molecule has 0 spiro atoms. The number of carbonyl (C=O) groups excluding carboxylic acids is 1. The number of aryl methyl sites for hydroxylation is 1. The summed E-state index contributed by atoms with van der Waals surface area (Å²) in [6, 6.07) is 13.8. The van der Waals surface area contributed by atoms with Crippen LogP contribution >= 0.6 is 11.6 Å². The highest BCUT2D eigenvalue weighted by Gasteiger charge is 2.18. The van der Waals surface area contributed by atoms with Crippen molar-refractivity contribution >= 4 is 40.0 Å². The number of rotatable bonds is 6. The van der Waals surface area contributed by atoms with E-state index in [4.69, 9.17) is 20.8 Å². The maximum Gasteiger partial charge on any atom is 0.310 e. The Balaban J connectivity index is 1.55. The van der Waals surface area contributed by atoms with Gasteiger partial charge in [0.2, 0.25) is 5.89 Å². The van der Waals surface area contributed by atoms with Crippen molar-refractivity contribution in [3.05, 3.63) is 75.3 Å². The quantitative estimate of drug-likeness (QED) is 0.236. The minimum atomic E-state index is -0.587. The van der Waals surface area contributed by atoms with E-state index < -0.39 is 17.4 Å². The zero-order valence-corrected chi connectivity index (χ0v) is 17.4. The number of nitro benzene ring substituents is 1. The number of nitrogens with zero attached hydrogens (tertiary/aromatic N) is 2. The van der Waals surface area contributed by atoms with Crippen LogP contribution in [0.5, 0.6) is 11.5 Å². The van der Waals surface area contributed by atoms with Crippen LogP contribution in [-0.4, -0.2) is 27.5 Å². The Hall–Kier alpha value is -4.11. The number of hydrogen-bond acceptors (Lipinski definition) is 7. The SMILES string of the molecule is Cc1cc(NC(=O)COc2ccccc2[N+](=O)[O-])cc(-c2nc3cc(Cl)ccc3o2)c1O. The van der Waals surface area contributed by atoms with Crippen molar-refractivity contribution in [1.29, 1.82) is 0 Å². The maximum absolute atomic E-state index is 12.4. The zero-order valence-electron chi connectivity index (χ0n) is 16.7. The summed E-state index contributed by atoms with van der Waals surface area (Å²) in [4.78, 5) is 27.2. The molecule has 0 unspecified atom stereocenters. The molecule has 0 bridgehead atoms. The van der Waals surface area contributed by atoms with Crippen LogP contribution in [0, 0.1) is 17.0 Å². The van der Waals surface area contributed by atoms with Gasteiger partial charge in [0.05, 0.1) is 10.5 Å². The number of phenols is 1. The number of amides is 1. The summed E-state index contributed by atoms with van der Waals surface area (Å²) in [5, 5.41) is 24.7. The van der Waals surface area contributed by atoms with Crippen molar-refractivity contribution in [2.45, 2.75) is 6.92 Å². The molecule has 2 N–H and O–H groups in total. The minimum absolute atomic E-state index is 0.0136. The van der Waals surface area contributed by atoms with E-state index in [0.717, 1.165) is 0 Å². The number of para-hydroxylation sites is 2. The van der Waals surface area contributed by atoms with Gasteiger partial charge in [-0.25, -0.2) is 4.98 Å². The largest absolute Gasteiger partial charge is 0.507 e. The second kappa shape index (κ2) is 8.56. The standard InChI is InChI=1S/C22H16ClN3O6/c1-12-8-14(24-20(27)11-31-19-5-3-2-4-17(19)26(29)30)10-15(21(12)28)22-25-16-9-13(23)6-7-18(16)32-22/h2-10,28H,11H2,1H3,(H,24,27). The second-order valence-electron chi connectivity index (χ2n) is 6.88. The lowest BCUT2D eigenvalue weighted by atomic mass is 10.1. The minimum Gasteiger partial charge on any atom is -0.507 e. The first-order chi connectivity index (χ1) is 15.3. The van der Waals surface area contributed by atoms with E-state index in [1.165, 1.54) is 24.3 Å². The fourth-order valence-electron chi connectivity index (χ4n) is 3.10. The van der Waals surface area contributed by atoms with Gasteiger partial charge in [0.15, 0.2) is 17.9 Å². The van der Waals surface area contributed by atoms with Crippen LogP contribution in [0.25, 0.3) is 22.6 Å². The van der Waals surface area contributed by atoms with Crippen LogP contribution in [0.4, 0.5) is 11.4 Å². The molecule has 10 heteroatoms. The molecule has 0 saturated heterocycles. The van der Waals surface area contributed by atoms with Crippen LogP contribution in [0.1, 0.15) is 5.56 Å². The Kier molecular flexibility index (Phi) is 5.65. The predicted molar refractivity (Wildman–Crippen MR) is 118 cm³/mol. The average Bonchev–Trinajstić information content (AvgIpc) is 3.17. The summed E-state index contributed by atoms with van der Waals surface area (Å²) >= 11 is 5.99. The molecular formula is C22H16ClN3O6. The van der Waals surface area contributed by atoms with Gasteiger partial charge in [-0.2, -0.15) is 0 Å². The number of anilines is 1. The van der Waals surface area contributed by atoms with Crippen molar-refractivity contribution in [3.63, 3.8) is 0 Å². The molecule has 4 rings (SSSR count). The molecule has 162 valence electrons. The smallest absolute Gasteiger partial charge is 0.310 e. The van der Waals surface area contributed by atoms with E-state index in [1.807, 2.05) is 0 Å². The molecule has 1 heterocycles. The van der Waals surface area contributed by atoms with Gasteiger partial charge < -0.3 is 19.6 Å². The molecule has 3 aromatic carbocycles. The molecule has 0 fully saturated rings. The molecular weight excluding hydrogens is 438 g/mol. The molecule has 0 saturated carbocycles. The Bertz CT molecular complexity index is 1350. The van der Waals surface area contributed by atoms with E-state index in [0.29, 0.717) is 27.4 Å². The topological polar surface area (TPSA) is 128 Å². The Morgan fingerprint density at radius 2 is 2.03 bits per heavy atom. The van der Waals surface area contributed by atoms with Gasteiger partial charge in [-0.3, -0.25) is 14.9 Å². The number of carbonyl (C=O) groups is 1. The lowest BCUT2D eigenvalue weighted by molar-refractivity contribution is -0.385. The Labute approximate surface area is 186 Å². The van der Waals surface area contributed by atoms with Gasteiger partial charge in [0.25, 0.3) is 5.91 Å². The van der Waals surface area contributed by atoms with Gasteiger partial charge in [-0.15, -0.1) is 0 Å². The number of nitro groups is 1. The Morgan fingerprint density at radius 3 is 2.81 bits per heavy atom. The number of aromatic nitrogens is 1. The molecule has 1 amide bonds. The Morgan fingerprint density at radius 1 is 1.25 bits per heavy atom. The van der Waals surface area contributed by atoms with Crippen molar-refractivity contribution < 1.29 is 24.0 Å². The third kappa shape index (κ3) is 4.33. The van der Waals surface area contributed by atoms with E-state index in [-0.39, 0.29) is 28.6 Å². The van der Waals surface area contributed by atoms with Crippen molar-refractivity contribution in [3.8, 4) is 23.0 Å². The lowest BCUT2D eigenvalue weighted by Crippen LogP contribution is -2.20. The number of hydrogen-bond donors (Lipinski definition) is 2. The molecule has 32 heavy (non-hydrogen) atoms. The molecule has 0 radical (unpaired) electrons. The monoisotopic (exact) mass is 453 g/mol. The highest BCUT2D eigenvalue weighted by molar-refractivity contribution is 6.31. The fourth-order valence-corrected chi connectivity index (χ4v) is 3.27. The normalized spacial score (nSPS) is 10.8. The lowest BCUT2D eigenvalue weighted by Gasteiger charge is -2.11. The molecule has 1 aromatic heterocycles. The van der Waals surface area contributed by atoms with Gasteiger partial charge in [-0.1, -0.05) is 23.7 Å². The number of ether oxygens (including phenoxy) is 1. The number of nitrogens with one attached hydrogen (secondary N) is 1. The first-order valence-electron chi connectivity index (χ1n) is 9.38. The van der Waals surface area contributed by atoms with Crippen molar-refractivity contribution in [2.75, 3.05) is 11.9 Å². The number of phenolic OH excluding ortho intramolecular Hbond substituents is 1. The third-order valence-corrected chi connectivity index (χ3v) is 4.82. The van der Waals surface area contributed by atoms with Gasteiger partial charge in [0, 0.05) is 16.8 Å². The van der Waals surface area contributed by atoms with E-state index in [1.54, 1.807) is 37.3 Å². The highest BCUT2D eigenvalue weighted by atomic mass is 35.5. The first-order valence-corrected chi connectivity index (χ1v) is 9.76. The maximum atomic E-state index is 12.4. The van der Waals surface area contributed by atoms with E-state index in [9.17, 15) is 20.0 Å². The highest BCUT2D eigenvalue weighted by Crippen LogP contribution is 2.36. The van der Waals surface area contributed by atoms with E-state index >= 15 is 0 Å². The summed E-state index contributed by atoms with van der Waals surface area (Å²) in [7, 11) is 0. The predicted octanol–water partition coefficient (Wildman–Crippen LogP) is 5.09. The van der Waals surface area contributed by atoms with Crippen LogP contribution in [0.2, 0.25) is 5.02 Å². The molecule has 9 nitrogen and oxygen atoms in total. The summed E-state index contributed by atoms with van der Waals surface area (Å²) in [5.74, 6) is -0.434. The van der Waals surface area contributed by atoms with Crippen molar-refractivity contribution in [1.82, 2.24) is 4.98 Å². The van der Waals surface area contributed by atoms with Crippen molar-refractivity contribution in [2.24, 2.45) is 0 Å². The average molecular weight is 454 g/mol. The summed E-state index contributed by atoms with van der Waals surface area (Å²) in [5.41, 5.74) is 1.92. The third-order valence-electron chi connectivity index (χ3n) is 4.58. The molecule has 0 atom stereocenters. The summed E-state index contributed by atoms with van der Waals surface area (Å²) < 4.78 is 11.0. The molecule has 0 aliphatic carbocycles. The number of benzene rings is 3. The number of oxazole rings is 1. The molecule has 4 aromatic rings. The summed E-state index contributed by atoms with van der Waals surface area (Å²) in [6.07, 6.45) is 0. The van der Waals surface area contributed by atoms with Crippen LogP contribution in [0.3, 0.4) is 0 Å². The fraction of sp³-hybridized carbons (Fsp3) is 0.0909. The first kappa shape index (κ1) is 21.1. The number of fused-ring (bicyclic) bond motifs is 1. The second-order valence-corrected chi connectivity index (χ2v) is 7.32. The number of halogens is 1. The zero-order chi connectivity index (χ0) is 22.8. The van der Waals surface area contributed by atoms with Crippen LogP contribution in [-0.2, 0) is 4.79 Å². The number of aromatic hydroxyl groups is 1. The molecule has 0 aliphatic rings. The molecule has 0 aliphatic heterocycles.